The van der Waals surface area contributed by atoms with E-state index in [4.69, 9.17) is 15.2 Å². The van der Waals surface area contributed by atoms with Crippen LogP contribution in [0.15, 0.2) is 16.7 Å². The van der Waals surface area contributed by atoms with Gasteiger partial charge in [0.05, 0.1) is 13.2 Å². The lowest BCUT2D eigenvalue weighted by molar-refractivity contribution is -0.172. The third-order valence-corrected chi connectivity index (χ3v) is 4.82. The van der Waals surface area contributed by atoms with Gasteiger partial charge in [-0.25, -0.2) is 4.98 Å². The van der Waals surface area contributed by atoms with Crippen LogP contribution in [0.25, 0.3) is 17.4 Å². The number of nitrogens with zero attached hydrogens (tertiary/aromatic N) is 3. The van der Waals surface area contributed by atoms with Gasteiger partial charge in [-0.1, -0.05) is 0 Å². The molecule has 1 saturated carbocycles. The molecule has 4 N–H and O–H groups in total. The van der Waals surface area contributed by atoms with Gasteiger partial charge < -0.3 is 20.3 Å². The number of hydrogen-bond acceptors (Lipinski definition) is 7. The van der Waals surface area contributed by atoms with Gasteiger partial charge >= 0.3 is 0 Å². The molecule has 2 aliphatic rings. The second-order valence-corrected chi connectivity index (χ2v) is 6.65. The Morgan fingerprint density at radius 2 is 2.44 bits per heavy atom. The van der Waals surface area contributed by atoms with E-state index in [2.05, 4.69) is 15.0 Å². The summed E-state index contributed by atoms with van der Waals surface area (Å²) < 4.78 is 13.1. The minimum Gasteiger partial charge on any atom is -0.395 e. The molecule has 2 aromatic heterocycles. The van der Waals surface area contributed by atoms with Crippen LogP contribution in [0.3, 0.4) is 0 Å². The normalized spacial score (nSPS) is 27.9. The second-order valence-electron chi connectivity index (χ2n) is 6.65. The summed E-state index contributed by atoms with van der Waals surface area (Å²) in [5.41, 5.74) is 6.48. The zero-order valence-corrected chi connectivity index (χ0v) is 13.8. The molecule has 0 bridgehead atoms. The lowest BCUT2D eigenvalue weighted by atomic mass is 10.1. The molecule has 3 heterocycles. The summed E-state index contributed by atoms with van der Waals surface area (Å²) in [4.78, 5) is 22.5. The van der Waals surface area contributed by atoms with E-state index in [0.29, 0.717) is 18.7 Å². The highest BCUT2D eigenvalue weighted by molar-refractivity contribution is 5.73. The zero-order chi connectivity index (χ0) is 17.4. The van der Waals surface area contributed by atoms with E-state index in [1.54, 1.807) is 4.57 Å². The lowest BCUT2D eigenvalue weighted by Gasteiger charge is -2.24. The number of nitrogen functional groups attached to an aromatic ring is 1. The summed E-state index contributed by atoms with van der Waals surface area (Å²) in [6, 6.07) is 0. The molecule has 1 aliphatic carbocycles. The SMILES string of the molecule is Nc1nc2c(ncn2/C=C2/CC2(CO)COC2CCCCO2)c(=O)[nH]1. The number of imidazole rings is 1. The number of hydrogen-bond donors (Lipinski definition) is 3. The van der Waals surface area contributed by atoms with Crippen LogP contribution in [0.5, 0.6) is 0 Å². The number of ether oxygens (including phenoxy) is 2. The summed E-state index contributed by atoms with van der Waals surface area (Å²) in [5, 5.41) is 9.81. The van der Waals surface area contributed by atoms with E-state index in [1.165, 1.54) is 6.33 Å². The molecule has 134 valence electrons. The first kappa shape index (κ1) is 16.2. The molecule has 2 atom stereocenters. The standard InChI is InChI=1S/C16H21N5O4/c17-15-19-13-12(14(23)20-15)18-9-21(13)6-10-5-16(10,7-22)8-25-11-3-1-2-4-24-11/h6,9,11,22H,1-5,7-8H2,(H3,17,19,20,23)/b10-6-. The van der Waals surface area contributed by atoms with Gasteiger partial charge in [0.25, 0.3) is 5.56 Å². The molecule has 9 nitrogen and oxygen atoms in total. The number of rotatable bonds is 5. The maximum absolute atomic E-state index is 11.8. The van der Waals surface area contributed by atoms with E-state index in [0.717, 1.165) is 31.4 Å². The minimum atomic E-state index is -0.399. The first-order valence-electron chi connectivity index (χ1n) is 8.39. The topological polar surface area (TPSA) is 128 Å². The van der Waals surface area contributed by atoms with Crippen molar-refractivity contribution in [1.82, 2.24) is 19.5 Å². The van der Waals surface area contributed by atoms with E-state index < -0.39 is 5.41 Å². The summed E-state index contributed by atoms with van der Waals surface area (Å²) >= 11 is 0. The fraction of sp³-hybridized carbons (Fsp3) is 0.562. The van der Waals surface area contributed by atoms with Crippen LogP contribution in [-0.4, -0.2) is 50.7 Å². The van der Waals surface area contributed by atoms with Crippen molar-refractivity contribution in [2.45, 2.75) is 32.0 Å². The molecule has 25 heavy (non-hydrogen) atoms. The van der Waals surface area contributed by atoms with Gasteiger partial charge in [-0.15, -0.1) is 0 Å². The largest absolute Gasteiger partial charge is 0.395 e. The molecule has 0 amide bonds. The van der Waals surface area contributed by atoms with Crippen molar-refractivity contribution < 1.29 is 14.6 Å². The smallest absolute Gasteiger partial charge is 0.280 e. The summed E-state index contributed by atoms with van der Waals surface area (Å²) in [6.45, 7) is 1.12. The number of nitrogens with one attached hydrogen (secondary N) is 1. The van der Waals surface area contributed by atoms with Crippen LogP contribution >= 0.6 is 0 Å². The molecule has 0 spiro atoms. The van der Waals surface area contributed by atoms with Crippen LogP contribution in [0.4, 0.5) is 5.95 Å². The average molecular weight is 347 g/mol. The first-order chi connectivity index (χ1) is 12.1. The van der Waals surface area contributed by atoms with Gasteiger partial charge in [0.1, 0.15) is 6.33 Å². The number of aliphatic hydroxyl groups excluding tert-OH is 1. The first-order valence-corrected chi connectivity index (χ1v) is 8.39. The van der Waals surface area contributed by atoms with Crippen molar-refractivity contribution in [1.29, 1.82) is 0 Å². The van der Waals surface area contributed by atoms with Crippen molar-refractivity contribution in [3.63, 3.8) is 0 Å². The Kier molecular flexibility index (Phi) is 4.06. The minimum absolute atomic E-state index is 0.00562. The number of aliphatic hydroxyl groups is 1. The average Bonchev–Trinajstić information content (AvgIpc) is 3.16. The molecule has 0 aromatic carbocycles. The van der Waals surface area contributed by atoms with E-state index in [-0.39, 0.29) is 29.9 Å². The Labute approximate surface area is 143 Å². The highest BCUT2D eigenvalue weighted by Crippen LogP contribution is 2.52. The van der Waals surface area contributed by atoms with Gasteiger partial charge in [0.15, 0.2) is 17.5 Å². The molecule has 2 fully saturated rings. The third kappa shape index (κ3) is 3.06. The quantitative estimate of drug-likeness (QED) is 0.717. The van der Waals surface area contributed by atoms with Gasteiger partial charge in [-0.3, -0.25) is 14.3 Å². The number of anilines is 1. The predicted molar refractivity (Wildman–Crippen MR) is 90.5 cm³/mol. The molecular formula is C16H21N5O4. The van der Waals surface area contributed by atoms with Gasteiger partial charge in [0.2, 0.25) is 5.95 Å². The molecule has 2 unspecified atom stereocenters. The van der Waals surface area contributed by atoms with Gasteiger partial charge in [-0.05, 0) is 31.3 Å². The van der Waals surface area contributed by atoms with Crippen molar-refractivity contribution >= 4 is 23.3 Å². The molecule has 0 radical (unpaired) electrons. The predicted octanol–water partition coefficient (Wildman–Crippen LogP) is 0.468. The van der Waals surface area contributed by atoms with E-state index >= 15 is 0 Å². The van der Waals surface area contributed by atoms with Crippen LogP contribution < -0.4 is 11.3 Å². The van der Waals surface area contributed by atoms with Crippen molar-refractivity contribution in [3.05, 3.63) is 22.3 Å². The Morgan fingerprint density at radius 3 is 3.20 bits per heavy atom. The van der Waals surface area contributed by atoms with Crippen LogP contribution in [0, 0.1) is 5.41 Å². The number of fused-ring (bicyclic) bond motifs is 1. The van der Waals surface area contributed by atoms with Gasteiger partial charge in [-0.2, -0.15) is 4.98 Å². The maximum atomic E-state index is 11.8. The van der Waals surface area contributed by atoms with Crippen LogP contribution in [-0.2, 0) is 9.47 Å². The summed E-state index contributed by atoms with van der Waals surface area (Å²) in [6.07, 6.45) is 6.94. The zero-order valence-electron chi connectivity index (χ0n) is 13.8. The fourth-order valence-electron chi connectivity index (χ4n) is 3.15. The Hall–Kier alpha value is -2.23. The monoisotopic (exact) mass is 347 g/mol. The second kappa shape index (κ2) is 6.25. The number of aromatic amines is 1. The van der Waals surface area contributed by atoms with Gasteiger partial charge in [0, 0.05) is 18.2 Å². The molecule has 1 saturated heterocycles. The van der Waals surface area contributed by atoms with Crippen LogP contribution in [0.1, 0.15) is 25.7 Å². The molecule has 2 aromatic rings. The summed E-state index contributed by atoms with van der Waals surface area (Å²) in [5.74, 6) is 0.0413. The molecule has 9 heteroatoms. The highest BCUT2D eigenvalue weighted by atomic mass is 16.7. The molecule has 4 rings (SSSR count). The Morgan fingerprint density at radius 1 is 1.56 bits per heavy atom. The maximum Gasteiger partial charge on any atom is 0.280 e. The fourth-order valence-corrected chi connectivity index (χ4v) is 3.15. The number of nitrogens with two attached hydrogens (primary N) is 1. The molecule has 1 aliphatic heterocycles. The Balaban J connectivity index is 1.53. The van der Waals surface area contributed by atoms with Crippen molar-refractivity contribution in [2.24, 2.45) is 5.41 Å². The number of aromatic nitrogens is 4. The number of H-pyrrole nitrogens is 1. The van der Waals surface area contributed by atoms with Crippen LogP contribution in [0.2, 0.25) is 0 Å². The van der Waals surface area contributed by atoms with E-state index in [9.17, 15) is 9.90 Å². The third-order valence-electron chi connectivity index (χ3n) is 4.82. The van der Waals surface area contributed by atoms with Crippen molar-refractivity contribution in [3.8, 4) is 0 Å². The highest BCUT2D eigenvalue weighted by Gasteiger charge is 2.49. The summed E-state index contributed by atoms with van der Waals surface area (Å²) in [7, 11) is 0. The van der Waals surface area contributed by atoms with E-state index in [1.807, 2.05) is 6.20 Å². The lowest BCUT2D eigenvalue weighted by Crippen LogP contribution is -2.27. The van der Waals surface area contributed by atoms with Crippen molar-refractivity contribution in [2.75, 3.05) is 25.6 Å². The Bertz CT molecular complexity index is 867. The molecular weight excluding hydrogens is 326 g/mol.